The highest BCUT2D eigenvalue weighted by atomic mass is 19.1. The summed E-state index contributed by atoms with van der Waals surface area (Å²) in [5.74, 6) is -4.12. The van der Waals surface area contributed by atoms with Crippen LogP contribution in [0.15, 0.2) is 36.4 Å². The summed E-state index contributed by atoms with van der Waals surface area (Å²) < 4.78 is 32.8. The topological polar surface area (TPSA) is 66.8 Å². The van der Waals surface area contributed by atoms with Gasteiger partial charge in [0.05, 0.1) is 5.56 Å². The number of halogens is 2. The number of hydrogen-bond donors (Lipinski definition) is 2. The van der Waals surface area contributed by atoms with Crippen molar-refractivity contribution in [2.75, 3.05) is 6.61 Å². The van der Waals surface area contributed by atoms with Gasteiger partial charge in [-0.15, -0.1) is 0 Å². The van der Waals surface area contributed by atoms with Gasteiger partial charge in [-0.2, -0.15) is 0 Å². The average Bonchev–Trinajstić information content (AvgIpc) is 2.44. The maximum atomic E-state index is 13.8. The van der Waals surface area contributed by atoms with Crippen LogP contribution in [-0.2, 0) is 6.42 Å². The minimum atomic E-state index is -1.43. The SMILES string of the molecule is O=C(O)c1cc(F)c(Oc2ccccc2CCO)c(F)c1. The first kappa shape index (κ1) is 14.9. The van der Waals surface area contributed by atoms with Crippen molar-refractivity contribution in [1.29, 1.82) is 0 Å². The molecule has 0 amide bonds. The molecule has 2 aromatic rings. The Kier molecular flexibility index (Phi) is 4.49. The lowest BCUT2D eigenvalue weighted by Crippen LogP contribution is -2.02. The summed E-state index contributed by atoms with van der Waals surface area (Å²) in [6.07, 6.45) is 0.270. The molecular formula is C15H12F2O4. The number of aliphatic hydroxyl groups is 1. The van der Waals surface area contributed by atoms with E-state index in [-0.39, 0.29) is 18.8 Å². The number of ether oxygens (including phenoxy) is 1. The lowest BCUT2D eigenvalue weighted by molar-refractivity contribution is 0.0695. The van der Waals surface area contributed by atoms with Crippen LogP contribution in [0.3, 0.4) is 0 Å². The molecule has 0 atom stereocenters. The van der Waals surface area contributed by atoms with Gasteiger partial charge in [0.1, 0.15) is 5.75 Å². The van der Waals surface area contributed by atoms with Gasteiger partial charge in [0, 0.05) is 6.61 Å². The van der Waals surface area contributed by atoms with E-state index in [9.17, 15) is 13.6 Å². The molecule has 2 N–H and O–H groups in total. The molecule has 0 radical (unpaired) electrons. The lowest BCUT2D eigenvalue weighted by Gasteiger charge is -2.12. The number of carboxylic acid groups (broad SMARTS) is 1. The van der Waals surface area contributed by atoms with Gasteiger partial charge in [-0.05, 0) is 30.2 Å². The average molecular weight is 294 g/mol. The molecule has 0 aliphatic rings. The van der Waals surface area contributed by atoms with Crippen molar-refractivity contribution in [2.45, 2.75) is 6.42 Å². The molecule has 21 heavy (non-hydrogen) atoms. The van der Waals surface area contributed by atoms with Crippen LogP contribution in [0.4, 0.5) is 8.78 Å². The molecule has 2 aromatic carbocycles. The lowest BCUT2D eigenvalue weighted by atomic mass is 10.1. The number of aromatic carboxylic acids is 1. The van der Waals surface area contributed by atoms with Gasteiger partial charge in [0.15, 0.2) is 17.4 Å². The third-order valence-electron chi connectivity index (χ3n) is 2.81. The Balaban J connectivity index is 2.38. The molecular weight excluding hydrogens is 282 g/mol. The van der Waals surface area contributed by atoms with Gasteiger partial charge in [0.25, 0.3) is 0 Å². The molecule has 0 saturated heterocycles. The summed E-state index contributed by atoms with van der Waals surface area (Å²) >= 11 is 0. The fraction of sp³-hybridized carbons (Fsp3) is 0.133. The quantitative estimate of drug-likeness (QED) is 0.889. The van der Waals surface area contributed by atoms with E-state index in [1.165, 1.54) is 6.07 Å². The van der Waals surface area contributed by atoms with Crippen LogP contribution in [0.5, 0.6) is 11.5 Å². The molecule has 0 aromatic heterocycles. The fourth-order valence-electron chi connectivity index (χ4n) is 1.82. The summed E-state index contributed by atoms with van der Waals surface area (Å²) in [6, 6.07) is 7.88. The molecule has 6 heteroatoms. The smallest absolute Gasteiger partial charge is 0.335 e. The first-order chi connectivity index (χ1) is 10.0. The van der Waals surface area contributed by atoms with Gasteiger partial charge in [-0.1, -0.05) is 18.2 Å². The van der Waals surface area contributed by atoms with E-state index in [0.29, 0.717) is 17.7 Å². The van der Waals surface area contributed by atoms with Crippen molar-refractivity contribution < 1.29 is 28.5 Å². The third-order valence-corrected chi connectivity index (χ3v) is 2.81. The summed E-state index contributed by atoms with van der Waals surface area (Å²) in [5.41, 5.74) is 0.0853. The predicted molar refractivity (Wildman–Crippen MR) is 70.6 cm³/mol. The van der Waals surface area contributed by atoms with Crippen molar-refractivity contribution in [3.05, 3.63) is 59.2 Å². The number of hydrogen-bond acceptors (Lipinski definition) is 3. The number of rotatable bonds is 5. The zero-order valence-electron chi connectivity index (χ0n) is 10.8. The summed E-state index contributed by atoms with van der Waals surface area (Å²) in [4.78, 5) is 10.7. The molecule has 0 bridgehead atoms. The fourth-order valence-corrected chi connectivity index (χ4v) is 1.82. The number of benzene rings is 2. The van der Waals surface area contributed by atoms with Gasteiger partial charge in [-0.25, -0.2) is 13.6 Å². The second-order valence-electron chi connectivity index (χ2n) is 4.26. The highest BCUT2D eigenvalue weighted by Gasteiger charge is 2.17. The largest absolute Gasteiger partial charge is 0.478 e. The first-order valence-electron chi connectivity index (χ1n) is 6.12. The third kappa shape index (κ3) is 3.35. The second-order valence-corrected chi connectivity index (χ2v) is 4.26. The van der Waals surface area contributed by atoms with Crippen molar-refractivity contribution in [3.8, 4) is 11.5 Å². The van der Waals surface area contributed by atoms with Gasteiger partial charge < -0.3 is 14.9 Å². The molecule has 0 aliphatic carbocycles. The highest BCUT2D eigenvalue weighted by Crippen LogP contribution is 2.30. The van der Waals surface area contributed by atoms with E-state index < -0.39 is 28.9 Å². The molecule has 2 rings (SSSR count). The van der Waals surface area contributed by atoms with Crippen LogP contribution < -0.4 is 4.74 Å². The van der Waals surface area contributed by atoms with E-state index in [1.54, 1.807) is 18.2 Å². The van der Waals surface area contributed by atoms with Gasteiger partial charge in [-0.3, -0.25) is 0 Å². The molecule has 0 fully saturated rings. The molecule has 0 spiro atoms. The van der Waals surface area contributed by atoms with Gasteiger partial charge >= 0.3 is 5.97 Å². The number of carbonyl (C=O) groups is 1. The van der Waals surface area contributed by atoms with Crippen LogP contribution in [0.25, 0.3) is 0 Å². The predicted octanol–water partition coefficient (Wildman–Crippen LogP) is 2.99. The van der Waals surface area contributed by atoms with E-state index >= 15 is 0 Å². The Hall–Kier alpha value is -2.47. The van der Waals surface area contributed by atoms with E-state index in [0.717, 1.165) is 0 Å². The molecule has 0 saturated carbocycles. The van der Waals surface area contributed by atoms with Crippen molar-refractivity contribution in [2.24, 2.45) is 0 Å². The minimum absolute atomic E-state index is 0.136. The maximum Gasteiger partial charge on any atom is 0.335 e. The van der Waals surface area contributed by atoms with Gasteiger partial charge in [0.2, 0.25) is 0 Å². The van der Waals surface area contributed by atoms with Crippen LogP contribution in [0.2, 0.25) is 0 Å². The molecule has 0 heterocycles. The Bertz CT molecular complexity index is 647. The zero-order chi connectivity index (χ0) is 15.4. The zero-order valence-corrected chi connectivity index (χ0v) is 10.8. The van der Waals surface area contributed by atoms with Crippen molar-refractivity contribution in [1.82, 2.24) is 0 Å². The Morgan fingerprint density at radius 1 is 1.14 bits per heavy atom. The minimum Gasteiger partial charge on any atom is -0.478 e. The summed E-state index contributed by atoms with van der Waals surface area (Å²) in [7, 11) is 0. The van der Waals surface area contributed by atoms with E-state index in [2.05, 4.69) is 0 Å². The Morgan fingerprint density at radius 2 is 1.76 bits per heavy atom. The molecule has 110 valence electrons. The van der Waals surface area contributed by atoms with Crippen LogP contribution >= 0.6 is 0 Å². The van der Waals surface area contributed by atoms with Crippen molar-refractivity contribution >= 4 is 5.97 Å². The first-order valence-corrected chi connectivity index (χ1v) is 6.12. The summed E-state index contributed by atoms with van der Waals surface area (Å²) in [6.45, 7) is -0.136. The van der Waals surface area contributed by atoms with E-state index in [1.807, 2.05) is 0 Å². The van der Waals surface area contributed by atoms with Crippen LogP contribution in [0, 0.1) is 11.6 Å². The number of carboxylic acids is 1. The number of aliphatic hydroxyl groups excluding tert-OH is 1. The Labute approximate surface area is 119 Å². The van der Waals surface area contributed by atoms with Crippen molar-refractivity contribution in [3.63, 3.8) is 0 Å². The number of para-hydroxylation sites is 1. The normalized spacial score (nSPS) is 10.4. The monoisotopic (exact) mass is 294 g/mol. The highest BCUT2D eigenvalue weighted by molar-refractivity contribution is 5.87. The molecule has 0 unspecified atom stereocenters. The van der Waals surface area contributed by atoms with Crippen LogP contribution in [-0.4, -0.2) is 22.8 Å². The van der Waals surface area contributed by atoms with Crippen LogP contribution in [0.1, 0.15) is 15.9 Å². The van der Waals surface area contributed by atoms with E-state index in [4.69, 9.17) is 14.9 Å². The standard InChI is InChI=1S/C15H12F2O4/c16-11-7-10(15(19)20)8-12(17)14(11)21-13-4-2-1-3-9(13)5-6-18/h1-4,7-8,18H,5-6H2,(H,19,20). The maximum absolute atomic E-state index is 13.8. The molecule has 0 aliphatic heterocycles. The molecule has 4 nitrogen and oxygen atoms in total. The Morgan fingerprint density at radius 3 is 2.33 bits per heavy atom. The summed E-state index contributed by atoms with van der Waals surface area (Å²) in [5, 5.41) is 17.7. The second kappa shape index (κ2) is 6.32.